The Morgan fingerprint density at radius 2 is 1.43 bits per heavy atom. The van der Waals surface area contributed by atoms with E-state index in [1.807, 2.05) is 25.0 Å². The van der Waals surface area contributed by atoms with Gasteiger partial charge in [-0.15, -0.1) is 0 Å². The number of benzene rings is 2. The topological polar surface area (TPSA) is 71.4 Å². The fourth-order valence-corrected chi connectivity index (χ4v) is 4.68. The van der Waals surface area contributed by atoms with Gasteiger partial charge in [0, 0.05) is 5.39 Å². The third-order valence-electron chi connectivity index (χ3n) is 5.03. The first-order chi connectivity index (χ1) is 13.5. The first-order valence-electron chi connectivity index (χ1n) is 10.3. The van der Waals surface area contributed by atoms with Crippen LogP contribution in [0.15, 0.2) is 35.2 Å². The number of aryl methyl sites for hydroxylation is 1. The van der Waals surface area contributed by atoms with E-state index in [2.05, 4.69) is 19.9 Å². The molecular weight excluding hydrogens is 372 g/mol. The standard InChI is InChI=1S/C22H32O3S.CH2O/c1-3-5-7-9-13-18-17-19-14-11-12-16-21(19)22(26(23,24)25)20(18)15-10-8-6-4-2;1-2/h11-12,14,16-17H,3-10,13,15H2,1-2H3,(H,23,24,25);1H2. The first kappa shape index (κ1) is 24.3. The molecule has 0 radical (unpaired) electrons. The monoisotopic (exact) mass is 406 g/mol. The van der Waals surface area contributed by atoms with Gasteiger partial charge < -0.3 is 4.79 Å². The van der Waals surface area contributed by atoms with Crippen molar-refractivity contribution >= 4 is 27.7 Å². The molecule has 0 amide bonds. The maximum atomic E-state index is 12.2. The molecule has 0 fully saturated rings. The van der Waals surface area contributed by atoms with E-state index in [0.29, 0.717) is 11.8 Å². The van der Waals surface area contributed by atoms with Gasteiger partial charge in [0.05, 0.1) is 0 Å². The van der Waals surface area contributed by atoms with Crippen LogP contribution < -0.4 is 0 Å². The Morgan fingerprint density at radius 3 is 2.00 bits per heavy atom. The van der Waals surface area contributed by atoms with Crippen LogP contribution >= 0.6 is 0 Å². The molecule has 0 saturated heterocycles. The lowest BCUT2D eigenvalue weighted by molar-refractivity contribution is -0.0980. The van der Waals surface area contributed by atoms with Gasteiger partial charge in [-0.25, -0.2) is 0 Å². The number of hydrogen-bond acceptors (Lipinski definition) is 3. The van der Waals surface area contributed by atoms with Crippen molar-refractivity contribution in [3.8, 4) is 0 Å². The van der Waals surface area contributed by atoms with E-state index in [1.54, 1.807) is 6.07 Å². The fraction of sp³-hybridized carbons (Fsp3) is 0.522. The largest absolute Gasteiger partial charge is 0.307 e. The molecule has 0 atom stereocenters. The molecule has 5 heteroatoms. The number of hydrogen-bond donors (Lipinski definition) is 1. The molecule has 0 unspecified atom stereocenters. The summed E-state index contributed by atoms with van der Waals surface area (Å²) < 4.78 is 34.5. The molecule has 28 heavy (non-hydrogen) atoms. The van der Waals surface area contributed by atoms with Gasteiger partial charge in [0.2, 0.25) is 0 Å². The van der Waals surface area contributed by atoms with Gasteiger partial charge in [0.25, 0.3) is 10.1 Å². The first-order valence-corrected chi connectivity index (χ1v) is 11.7. The lowest BCUT2D eigenvalue weighted by Gasteiger charge is -2.17. The maximum Gasteiger partial charge on any atom is 0.295 e. The zero-order chi connectivity index (χ0) is 21.0. The van der Waals surface area contributed by atoms with Crippen molar-refractivity contribution in [1.29, 1.82) is 0 Å². The van der Waals surface area contributed by atoms with Crippen molar-refractivity contribution in [2.24, 2.45) is 0 Å². The smallest absolute Gasteiger partial charge is 0.295 e. The minimum Gasteiger partial charge on any atom is -0.307 e. The number of carbonyl (C=O) groups is 1. The quantitative estimate of drug-likeness (QED) is 0.359. The zero-order valence-corrected chi connectivity index (χ0v) is 18.1. The van der Waals surface area contributed by atoms with Crippen LogP contribution in [-0.4, -0.2) is 19.8 Å². The van der Waals surface area contributed by atoms with Gasteiger partial charge in [-0.3, -0.25) is 4.55 Å². The second-order valence-electron chi connectivity index (χ2n) is 7.16. The molecule has 2 rings (SSSR count). The Labute approximate surface area is 170 Å². The van der Waals surface area contributed by atoms with Gasteiger partial charge in [-0.05, 0) is 42.2 Å². The third kappa shape index (κ3) is 7.02. The van der Waals surface area contributed by atoms with Crippen molar-refractivity contribution < 1.29 is 17.8 Å². The van der Waals surface area contributed by atoms with Gasteiger partial charge in [0.1, 0.15) is 11.7 Å². The van der Waals surface area contributed by atoms with Gasteiger partial charge >= 0.3 is 0 Å². The Balaban J connectivity index is 0.00000190. The van der Waals surface area contributed by atoms with Gasteiger partial charge in [0.15, 0.2) is 0 Å². The molecule has 0 saturated carbocycles. The molecule has 0 aromatic heterocycles. The summed E-state index contributed by atoms with van der Waals surface area (Å²) in [6.45, 7) is 6.35. The van der Waals surface area contributed by atoms with Crippen LogP contribution in [0.2, 0.25) is 0 Å². The number of unbranched alkanes of at least 4 members (excludes halogenated alkanes) is 6. The Hall–Kier alpha value is -1.72. The molecule has 0 heterocycles. The number of fused-ring (bicyclic) bond motifs is 1. The highest BCUT2D eigenvalue weighted by atomic mass is 32.2. The lowest BCUT2D eigenvalue weighted by atomic mass is 9.93. The van der Waals surface area contributed by atoms with Crippen LogP contribution in [0.25, 0.3) is 10.8 Å². The zero-order valence-electron chi connectivity index (χ0n) is 17.2. The molecule has 2 aromatic rings. The van der Waals surface area contributed by atoms with Crippen molar-refractivity contribution in [2.45, 2.75) is 83.0 Å². The Bertz CT molecular complexity index is 828. The minimum absolute atomic E-state index is 0.137. The van der Waals surface area contributed by atoms with E-state index in [4.69, 9.17) is 4.79 Å². The average Bonchev–Trinajstić information content (AvgIpc) is 2.69. The van der Waals surface area contributed by atoms with E-state index in [9.17, 15) is 13.0 Å². The van der Waals surface area contributed by atoms with Gasteiger partial charge in [-0.1, -0.05) is 82.7 Å². The van der Waals surface area contributed by atoms with E-state index in [-0.39, 0.29) is 4.90 Å². The fourth-order valence-electron chi connectivity index (χ4n) is 3.68. The molecule has 0 aliphatic rings. The molecule has 1 N–H and O–H groups in total. The highest BCUT2D eigenvalue weighted by Gasteiger charge is 2.22. The minimum atomic E-state index is -4.26. The molecule has 156 valence electrons. The maximum absolute atomic E-state index is 12.2. The average molecular weight is 407 g/mol. The SMILES string of the molecule is C=O.CCCCCCc1cc2ccccc2c(S(=O)(=O)O)c1CCCCCC. The summed E-state index contributed by atoms with van der Waals surface area (Å²) in [6, 6.07) is 9.61. The summed E-state index contributed by atoms with van der Waals surface area (Å²) in [6.07, 6.45) is 10.5. The molecular formula is C23H34O4S. The summed E-state index contributed by atoms with van der Waals surface area (Å²) in [5.74, 6) is 0. The molecule has 0 bridgehead atoms. The van der Waals surface area contributed by atoms with Crippen LogP contribution in [0, 0.1) is 0 Å². The van der Waals surface area contributed by atoms with E-state index in [1.165, 1.54) is 12.8 Å². The second kappa shape index (κ2) is 12.7. The second-order valence-corrected chi connectivity index (χ2v) is 8.52. The summed E-state index contributed by atoms with van der Waals surface area (Å²) in [7, 11) is -4.26. The van der Waals surface area contributed by atoms with Crippen LogP contribution in [-0.2, 0) is 27.8 Å². The number of carbonyl (C=O) groups excluding carboxylic acids is 1. The Morgan fingerprint density at radius 1 is 0.857 bits per heavy atom. The molecule has 4 nitrogen and oxygen atoms in total. The van der Waals surface area contributed by atoms with Crippen molar-refractivity contribution in [1.82, 2.24) is 0 Å². The van der Waals surface area contributed by atoms with Crippen LogP contribution in [0.4, 0.5) is 0 Å². The van der Waals surface area contributed by atoms with E-state index in [0.717, 1.165) is 61.5 Å². The summed E-state index contributed by atoms with van der Waals surface area (Å²) >= 11 is 0. The summed E-state index contributed by atoms with van der Waals surface area (Å²) in [4.78, 5) is 8.14. The highest BCUT2D eigenvalue weighted by Crippen LogP contribution is 2.32. The molecule has 0 spiro atoms. The predicted molar refractivity (Wildman–Crippen MR) is 117 cm³/mol. The molecule has 0 aliphatic heterocycles. The third-order valence-corrected chi connectivity index (χ3v) is 6.02. The van der Waals surface area contributed by atoms with Crippen LogP contribution in [0.3, 0.4) is 0 Å². The van der Waals surface area contributed by atoms with E-state index < -0.39 is 10.1 Å². The summed E-state index contributed by atoms with van der Waals surface area (Å²) in [5, 5.41) is 1.53. The Kier molecular flexibility index (Phi) is 11.0. The predicted octanol–water partition coefficient (Wildman–Crippen LogP) is 6.15. The van der Waals surface area contributed by atoms with Crippen molar-refractivity contribution in [3.05, 3.63) is 41.5 Å². The molecule has 2 aromatic carbocycles. The van der Waals surface area contributed by atoms with Crippen LogP contribution in [0.1, 0.15) is 76.3 Å². The van der Waals surface area contributed by atoms with Crippen molar-refractivity contribution in [3.63, 3.8) is 0 Å². The normalized spacial score (nSPS) is 11.2. The number of rotatable bonds is 11. The lowest BCUT2D eigenvalue weighted by Crippen LogP contribution is -2.08. The highest BCUT2D eigenvalue weighted by molar-refractivity contribution is 7.86. The van der Waals surface area contributed by atoms with Crippen LogP contribution in [0.5, 0.6) is 0 Å². The summed E-state index contributed by atoms with van der Waals surface area (Å²) in [5.41, 5.74) is 1.92. The molecule has 0 aliphatic carbocycles. The van der Waals surface area contributed by atoms with Crippen molar-refractivity contribution in [2.75, 3.05) is 0 Å². The van der Waals surface area contributed by atoms with E-state index >= 15 is 0 Å². The van der Waals surface area contributed by atoms with Gasteiger partial charge in [-0.2, -0.15) is 8.42 Å².